The van der Waals surface area contributed by atoms with E-state index in [1.54, 1.807) is 12.1 Å². The van der Waals surface area contributed by atoms with E-state index in [1.165, 1.54) is 0 Å². The molecule has 0 saturated carbocycles. The van der Waals surface area contributed by atoms with Gasteiger partial charge in [0.15, 0.2) is 0 Å². The van der Waals surface area contributed by atoms with Gasteiger partial charge in [0, 0.05) is 6.42 Å². The Morgan fingerprint density at radius 1 is 1.11 bits per heavy atom. The van der Waals surface area contributed by atoms with E-state index in [9.17, 15) is 9.90 Å². The van der Waals surface area contributed by atoms with Crippen molar-refractivity contribution in [1.29, 1.82) is 0 Å². The largest absolute Gasteiger partial charge is 0.506 e. The molecule has 2 aromatic carbocycles. The number of esters is 1. The quantitative estimate of drug-likeness (QED) is 0.325. The fourth-order valence-corrected chi connectivity index (χ4v) is 3.94. The molecule has 1 N–H and O–H groups in total. The molecular weight excluding hydrogens is 570 g/mol. The van der Waals surface area contributed by atoms with Crippen LogP contribution in [0.5, 0.6) is 11.5 Å². The van der Waals surface area contributed by atoms with E-state index in [0.29, 0.717) is 31.6 Å². The third-order valence-corrected chi connectivity index (χ3v) is 6.22. The van der Waals surface area contributed by atoms with Crippen LogP contribution in [0.3, 0.4) is 0 Å². The van der Waals surface area contributed by atoms with Crippen LogP contribution in [-0.2, 0) is 11.2 Å². The molecule has 0 saturated heterocycles. The lowest BCUT2D eigenvalue weighted by atomic mass is 9.94. The Morgan fingerprint density at radius 3 is 2.19 bits per heavy atom. The number of hydrogen-bond donors (Lipinski definition) is 1. The minimum absolute atomic E-state index is 0.190. The summed E-state index contributed by atoms with van der Waals surface area (Å²) in [7, 11) is 0. The van der Waals surface area contributed by atoms with Gasteiger partial charge < -0.3 is 14.6 Å². The molecule has 4 nitrogen and oxygen atoms in total. The maximum absolute atomic E-state index is 12.2. The van der Waals surface area contributed by atoms with Gasteiger partial charge in [0.25, 0.3) is 0 Å². The second kappa shape index (κ2) is 9.45. The number of aromatic hydroxyl groups is 1. The molecule has 0 radical (unpaired) electrons. The van der Waals surface area contributed by atoms with Crippen LogP contribution in [0.15, 0.2) is 36.4 Å². The highest BCUT2D eigenvalue weighted by Crippen LogP contribution is 2.28. The van der Waals surface area contributed by atoms with Crippen LogP contribution in [0.2, 0.25) is 0 Å². The Bertz CT molecular complexity index is 775. The summed E-state index contributed by atoms with van der Waals surface area (Å²) in [4.78, 5) is 12.2. The van der Waals surface area contributed by atoms with E-state index in [2.05, 4.69) is 27.7 Å². The van der Waals surface area contributed by atoms with Gasteiger partial charge in [-0.05, 0) is 94.8 Å². The predicted molar refractivity (Wildman–Crippen MR) is 124 cm³/mol. The molecule has 2 aromatic rings. The molecule has 0 spiro atoms. The SMILES string of the molecule is CC(C)C(C)(C)Oc1ccc(CCOC(=O)c2cc(I)c(O)c(I)c2)cc1. The van der Waals surface area contributed by atoms with E-state index in [-0.39, 0.29) is 17.3 Å². The Balaban J connectivity index is 1.89. The number of carbonyl (C=O) groups excluding carboxylic acids is 1. The van der Waals surface area contributed by atoms with Crippen molar-refractivity contribution in [2.75, 3.05) is 6.61 Å². The highest BCUT2D eigenvalue weighted by Gasteiger charge is 2.24. The van der Waals surface area contributed by atoms with Gasteiger partial charge in [-0.15, -0.1) is 0 Å². The third kappa shape index (κ3) is 6.23. The van der Waals surface area contributed by atoms with Crippen LogP contribution in [0.25, 0.3) is 0 Å². The van der Waals surface area contributed by atoms with Gasteiger partial charge in [-0.1, -0.05) is 26.0 Å². The van der Waals surface area contributed by atoms with Crippen LogP contribution in [0, 0.1) is 13.1 Å². The summed E-state index contributed by atoms with van der Waals surface area (Å²) < 4.78 is 12.7. The molecule has 0 aliphatic rings. The average molecular weight is 594 g/mol. The van der Waals surface area contributed by atoms with E-state index < -0.39 is 0 Å². The Kier molecular flexibility index (Phi) is 7.79. The lowest BCUT2D eigenvalue weighted by molar-refractivity contribution is 0.0508. The highest BCUT2D eigenvalue weighted by molar-refractivity contribution is 14.1. The zero-order chi connectivity index (χ0) is 20.2. The zero-order valence-corrected chi connectivity index (χ0v) is 20.2. The first-order valence-corrected chi connectivity index (χ1v) is 10.9. The molecule has 6 heteroatoms. The molecule has 0 heterocycles. The van der Waals surface area contributed by atoms with Crippen molar-refractivity contribution >= 4 is 51.2 Å². The van der Waals surface area contributed by atoms with Gasteiger partial charge in [0.05, 0.1) is 19.3 Å². The number of halogens is 2. The number of carbonyl (C=O) groups is 1. The highest BCUT2D eigenvalue weighted by atomic mass is 127. The maximum atomic E-state index is 12.2. The first-order chi connectivity index (χ1) is 12.6. The van der Waals surface area contributed by atoms with Crippen molar-refractivity contribution in [3.05, 3.63) is 54.7 Å². The summed E-state index contributed by atoms with van der Waals surface area (Å²) in [5.74, 6) is 1.05. The molecule has 0 unspecified atom stereocenters. The van der Waals surface area contributed by atoms with E-state index in [0.717, 1.165) is 11.3 Å². The fraction of sp³-hybridized carbons (Fsp3) is 0.381. The summed E-state index contributed by atoms with van der Waals surface area (Å²) in [6.45, 7) is 8.73. The van der Waals surface area contributed by atoms with Gasteiger partial charge in [-0.25, -0.2) is 4.79 Å². The van der Waals surface area contributed by atoms with Crippen LogP contribution >= 0.6 is 45.2 Å². The Labute approximate surface area is 187 Å². The minimum Gasteiger partial charge on any atom is -0.506 e. The molecule has 0 atom stereocenters. The fourth-order valence-electron chi connectivity index (χ4n) is 2.17. The number of ether oxygens (including phenoxy) is 2. The van der Waals surface area contributed by atoms with Gasteiger partial charge in [-0.3, -0.25) is 0 Å². The van der Waals surface area contributed by atoms with Gasteiger partial charge >= 0.3 is 5.97 Å². The van der Waals surface area contributed by atoms with E-state index in [1.807, 2.05) is 69.4 Å². The zero-order valence-electron chi connectivity index (χ0n) is 15.9. The smallest absolute Gasteiger partial charge is 0.338 e. The molecule has 0 aliphatic heterocycles. The Morgan fingerprint density at radius 2 is 1.67 bits per heavy atom. The third-order valence-electron chi connectivity index (χ3n) is 4.57. The molecule has 0 aliphatic carbocycles. The van der Waals surface area contributed by atoms with Crippen molar-refractivity contribution in [1.82, 2.24) is 0 Å². The molecule has 0 amide bonds. The summed E-state index contributed by atoms with van der Waals surface area (Å²) in [6.07, 6.45) is 0.631. The second-order valence-corrected chi connectivity index (χ2v) is 9.50. The molecule has 27 heavy (non-hydrogen) atoms. The summed E-state index contributed by atoms with van der Waals surface area (Å²) in [6, 6.07) is 11.1. The molecule has 0 aromatic heterocycles. The normalized spacial score (nSPS) is 11.5. The lowest BCUT2D eigenvalue weighted by Gasteiger charge is -2.30. The number of benzene rings is 2. The lowest BCUT2D eigenvalue weighted by Crippen LogP contribution is -2.34. The van der Waals surface area contributed by atoms with Crippen molar-refractivity contribution in [3.63, 3.8) is 0 Å². The van der Waals surface area contributed by atoms with E-state index in [4.69, 9.17) is 9.47 Å². The van der Waals surface area contributed by atoms with Gasteiger partial charge in [0.2, 0.25) is 0 Å². The number of phenols is 1. The van der Waals surface area contributed by atoms with Gasteiger partial charge in [-0.2, -0.15) is 0 Å². The monoisotopic (exact) mass is 594 g/mol. The minimum atomic E-state index is -0.385. The molecule has 2 rings (SSSR count). The number of phenolic OH excluding ortho intramolecular Hbond substituents is 1. The van der Waals surface area contributed by atoms with Crippen molar-refractivity contribution < 1.29 is 19.4 Å². The molecule has 146 valence electrons. The summed E-state index contributed by atoms with van der Waals surface area (Å²) in [5.41, 5.74) is 1.30. The van der Waals surface area contributed by atoms with Crippen molar-refractivity contribution in [2.45, 2.75) is 39.7 Å². The Hall–Kier alpha value is -1.03. The first-order valence-electron chi connectivity index (χ1n) is 8.73. The van der Waals surface area contributed by atoms with Crippen LogP contribution < -0.4 is 4.74 Å². The van der Waals surface area contributed by atoms with Crippen LogP contribution in [0.1, 0.15) is 43.6 Å². The van der Waals surface area contributed by atoms with Gasteiger partial charge in [0.1, 0.15) is 17.1 Å². The summed E-state index contributed by atoms with van der Waals surface area (Å²) in [5, 5.41) is 9.78. The molecular formula is C21H24I2O4. The van der Waals surface area contributed by atoms with Crippen LogP contribution in [-0.4, -0.2) is 23.3 Å². The molecule has 0 bridgehead atoms. The summed E-state index contributed by atoms with van der Waals surface area (Å²) >= 11 is 3.99. The topological polar surface area (TPSA) is 55.8 Å². The number of hydrogen-bond acceptors (Lipinski definition) is 4. The predicted octanol–water partition coefficient (Wildman–Crippen LogP) is 5.81. The van der Waals surface area contributed by atoms with Crippen molar-refractivity contribution in [3.8, 4) is 11.5 Å². The molecule has 0 fully saturated rings. The number of rotatable bonds is 7. The second-order valence-electron chi connectivity index (χ2n) is 7.18. The van der Waals surface area contributed by atoms with Crippen LogP contribution in [0.4, 0.5) is 0 Å². The first kappa shape index (κ1) is 22.3. The maximum Gasteiger partial charge on any atom is 0.338 e. The standard InChI is InChI=1S/C21H24I2O4/c1-13(2)21(3,4)27-16-7-5-14(6-8-16)9-10-26-20(25)15-11-17(22)19(24)18(23)12-15/h5-8,11-13,24H,9-10H2,1-4H3. The van der Waals surface area contributed by atoms with Crippen molar-refractivity contribution in [2.24, 2.45) is 5.92 Å². The van der Waals surface area contributed by atoms with E-state index >= 15 is 0 Å². The average Bonchev–Trinajstić information content (AvgIpc) is 2.60.